The van der Waals surface area contributed by atoms with E-state index < -0.39 is 0 Å². The number of hydrogen-bond donors (Lipinski definition) is 0. The predicted molar refractivity (Wildman–Crippen MR) is 120 cm³/mol. The molecule has 160 valence electrons. The summed E-state index contributed by atoms with van der Waals surface area (Å²) >= 11 is 0. The molecule has 0 bridgehead atoms. The Hall–Kier alpha value is -2.37. The van der Waals surface area contributed by atoms with Gasteiger partial charge in [0.1, 0.15) is 5.75 Å². The van der Waals surface area contributed by atoms with E-state index in [1.807, 2.05) is 30.0 Å². The number of carbonyl (C=O) groups is 1. The maximum atomic E-state index is 13.1. The molecule has 2 fully saturated rings. The molecule has 5 nitrogen and oxygen atoms in total. The van der Waals surface area contributed by atoms with Crippen molar-refractivity contribution < 1.29 is 9.53 Å². The number of methoxy groups -OCH3 is 1. The maximum Gasteiger partial charge on any atom is 0.254 e. The van der Waals surface area contributed by atoms with Crippen LogP contribution in [-0.4, -0.2) is 74.5 Å². The predicted octanol–water partition coefficient (Wildman–Crippen LogP) is 3.14. The molecular formula is C25H33N3O2. The zero-order valence-electron chi connectivity index (χ0n) is 18.6. The summed E-state index contributed by atoms with van der Waals surface area (Å²) in [6.07, 6.45) is 0. The first-order valence-corrected chi connectivity index (χ1v) is 10.7. The first-order chi connectivity index (χ1) is 14.4. The van der Waals surface area contributed by atoms with Gasteiger partial charge in [0, 0.05) is 50.2 Å². The lowest BCUT2D eigenvalue weighted by Crippen LogP contribution is -2.63. The molecule has 2 aromatic rings. The first kappa shape index (κ1) is 20.9. The van der Waals surface area contributed by atoms with Crippen molar-refractivity contribution in [3.8, 4) is 5.75 Å². The molecule has 5 heteroatoms. The minimum atomic E-state index is 0.144. The topological polar surface area (TPSA) is 36.0 Å². The van der Waals surface area contributed by atoms with Gasteiger partial charge in [0.15, 0.2) is 0 Å². The normalized spacial score (nSPS) is 20.6. The highest BCUT2D eigenvalue weighted by Gasteiger charge is 2.55. The molecule has 2 aromatic carbocycles. The van der Waals surface area contributed by atoms with Crippen LogP contribution in [-0.2, 0) is 6.54 Å². The Kier molecular flexibility index (Phi) is 5.85. The van der Waals surface area contributed by atoms with Crippen molar-refractivity contribution in [1.29, 1.82) is 0 Å². The van der Waals surface area contributed by atoms with Crippen molar-refractivity contribution in [2.45, 2.75) is 13.5 Å². The van der Waals surface area contributed by atoms with Crippen molar-refractivity contribution in [2.24, 2.45) is 11.3 Å². The van der Waals surface area contributed by atoms with Gasteiger partial charge in [-0.3, -0.25) is 9.69 Å². The molecule has 30 heavy (non-hydrogen) atoms. The van der Waals surface area contributed by atoms with E-state index in [-0.39, 0.29) is 11.3 Å². The van der Waals surface area contributed by atoms with Crippen molar-refractivity contribution in [2.75, 3.05) is 53.9 Å². The number of hydrogen-bond acceptors (Lipinski definition) is 4. The van der Waals surface area contributed by atoms with Crippen LogP contribution in [0.5, 0.6) is 5.75 Å². The second kappa shape index (κ2) is 8.40. The zero-order valence-corrected chi connectivity index (χ0v) is 18.6. The van der Waals surface area contributed by atoms with E-state index in [9.17, 15) is 4.79 Å². The largest absolute Gasteiger partial charge is 0.497 e. The van der Waals surface area contributed by atoms with Crippen LogP contribution in [0.3, 0.4) is 0 Å². The van der Waals surface area contributed by atoms with E-state index >= 15 is 0 Å². The van der Waals surface area contributed by atoms with Crippen LogP contribution >= 0.6 is 0 Å². The summed E-state index contributed by atoms with van der Waals surface area (Å²) < 4.78 is 5.28. The van der Waals surface area contributed by atoms with Crippen molar-refractivity contribution in [3.05, 3.63) is 65.2 Å². The summed E-state index contributed by atoms with van der Waals surface area (Å²) in [6.45, 7) is 7.88. The number of carbonyl (C=O) groups excluding carboxylic acids is 1. The number of aryl methyl sites for hydroxylation is 1. The molecule has 0 aromatic heterocycles. The fourth-order valence-corrected chi connectivity index (χ4v) is 5.19. The highest BCUT2D eigenvalue weighted by Crippen LogP contribution is 2.45. The van der Waals surface area contributed by atoms with Crippen LogP contribution in [0, 0.1) is 18.3 Å². The number of likely N-dealkylation sites (tertiary alicyclic amines) is 2. The Morgan fingerprint density at radius 2 is 1.87 bits per heavy atom. The molecule has 4 rings (SSSR count). The van der Waals surface area contributed by atoms with Crippen LogP contribution in [0.15, 0.2) is 48.5 Å². The Labute approximate surface area is 180 Å². The fraction of sp³-hybridized carbons (Fsp3) is 0.480. The third-order valence-electron chi connectivity index (χ3n) is 6.68. The van der Waals surface area contributed by atoms with Gasteiger partial charge in [-0.2, -0.15) is 0 Å². The quantitative estimate of drug-likeness (QED) is 0.737. The number of rotatable bonds is 6. The van der Waals surface area contributed by atoms with E-state index in [1.54, 1.807) is 7.11 Å². The maximum absolute atomic E-state index is 13.1. The van der Waals surface area contributed by atoms with Gasteiger partial charge in [-0.05, 0) is 56.3 Å². The lowest BCUT2D eigenvalue weighted by atomic mass is 9.71. The summed E-state index contributed by atoms with van der Waals surface area (Å²) in [6, 6.07) is 16.4. The van der Waals surface area contributed by atoms with Crippen LogP contribution in [0.2, 0.25) is 0 Å². The highest BCUT2D eigenvalue weighted by molar-refractivity contribution is 5.96. The van der Waals surface area contributed by atoms with Gasteiger partial charge in [-0.25, -0.2) is 0 Å². The number of benzene rings is 2. The van der Waals surface area contributed by atoms with Gasteiger partial charge in [-0.1, -0.05) is 30.3 Å². The molecule has 2 aliphatic rings. The van der Waals surface area contributed by atoms with Gasteiger partial charge in [0.05, 0.1) is 7.11 Å². The van der Waals surface area contributed by atoms with Crippen LogP contribution in [0.25, 0.3) is 0 Å². The Morgan fingerprint density at radius 1 is 1.13 bits per heavy atom. The molecule has 2 saturated heterocycles. The van der Waals surface area contributed by atoms with Gasteiger partial charge in [0.2, 0.25) is 0 Å². The highest BCUT2D eigenvalue weighted by atomic mass is 16.5. The van der Waals surface area contributed by atoms with Crippen LogP contribution in [0.4, 0.5) is 0 Å². The standard InChI is InChI=1S/C25H33N3O2/c1-19-12-22(30-4)10-11-23(19)24(29)28-17-25(18-28)16-27(15-21(25)14-26(2)3)13-20-8-6-5-7-9-20/h5-12,21H,13-18H2,1-4H3. The minimum absolute atomic E-state index is 0.144. The van der Waals surface area contributed by atoms with Gasteiger partial charge < -0.3 is 14.5 Å². The first-order valence-electron chi connectivity index (χ1n) is 10.7. The van der Waals surface area contributed by atoms with E-state index in [0.29, 0.717) is 5.92 Å². The molecular weight excluding hydrogens is 374 g/mol. The fourth-order valence-electron chi connectivity index (χ4n) is 5.19. The summed E-state index contributed by atoms with van der Waals surface area (Å²) in [4.78, 5) is 20.0. The van der Waals surface area contributed by atoms with Gasteiger partial charge >= 0.3 is 0 Å². The molecule has 0 saturated carbocycles. The molecule has 0 radical (unpaired) electrons. The number of nitrogens with zero attached hydrogens (tertiary/aromatic N) is 3. The molecule has 1 spiro atoms. The molecule has 1 unspecified atom stereocenters. The second-order valence-electron chi connectivity index (χ2n) is 9.32. The molecule has 1 amide bonds. The smallest absolute Gasteiger partial charge is 0.254 e. The van der Waals surface area contributed by atoms with Crippen molar-refractivity contribution >= 4 is 5.91 Å². The summed E-state index contributed by atoms with van der Waals surface area (Å²) in [5.74, 6) is 1.52. The van der Waals surface area contributed by atoms with Crippen LogP contribution in [0.1, 0.15) is 21.5 Å². The molecule has 1 atom stereocenters. The SMILES string of the molecule is COc1ccc(C(=O)N2CC3(CN(Cc4ccccc4)CC3CN(C)C)C2)c(C)c1. The average Bonchev–Trinajstić information content (AvgIpc) is 3.04. The van der Waals surface area contributed by atoms with Gasteiger partial charge in [-0.15, -0.1) is 0 Å². The Morgan fingerprint density at radius 3 is 2.50 bits per heavy atom. The third kappa shape index (κ3) is 4.09. The average molecular weight is 408 g/mol. The monoisotopic (exact) mass is 407 g/mol. The molecule has 0 aliphatic carbocycles. The van der Waals surface area contributed by atoms with E-state index in [0.717, 1.165) is 56.1 Å². The Balaban J connectivity index is 1.46. The third-order valence-corrected chi connectivity index (χ3v) is 6.68. The summed E-state index contributed by atoms with van der Waals surface area (Å²) in [7, 11) is 5.95. The lowest BCUT2D eigenvalue weighted by Gasteiger charge is -2.51. The minimum Gasteiger partial charge on any atom is -0.497 e. The summed E-state index contributed by atoms with van der Waals surface area (Å²) in [5, 5.41) is 0. The lowest BCUT2D eigenvalue weighted by molar-refractivity contribution is -0.0154. The molecule has 0 N–H and O–H groups in total. The molecule has 2 heterocycles. The van der Waals surface area contributed by atoms with Gasteiger partial charge in [0.25, 0.3) is 5.91 Å². The van der Waals surface area contributed by atoms with Crippen LogP contribution < -0.4 is 4.74 Å². The van der Waals surface area contributed by atoms with E-state index in [4.69, 9.17) is 4.74 Å². The van der Waals surface area contributed by atoms with E-state index in [1.165, 1.54) is 5.56 Å². The molecule has 2 aliphatic heterocycles. The summed E-state index contributed by atoms with van der Waals surface area (Å²) in [5.41, 5.74) is 3.32. The second-order valence-corrected chi connectivity index (χ2v) is 9.32. The number of ether oxygens (including phenoxy) is 1. The Bertz CT molecular complexity index is 891. The van der Waals surface area contributed by atoms with Crippen molar-refractivity contribution in [3.63, 3.8) is 0 Å². The van der Waals surface area contributed by atoms with Crippen molar-refractivity contribution in [1.82, 2.24) is 14.7 Å². The zero-order chi connectivity index (χ0) is 21.3. The van der Waals surface area contributed by atoms with E-state index in [2.05, 4.69) is 54.2 Å². The number of amides is 1.